The highest BCUT2D eigenvalue weighted by Gasteiger charge is 2.21. The molecule has 2 heterocycles. The fourth-order valence-electron chi connectivity index (χ4n) is 10.5. The molecule has 0 aliphatic heterocycles. The van der Waals surface area contributed by atoms with E-state index in [0.717, 1.165) is 12.8 Å². The van der Waals surface area contributed by atoms with E-state index in [1.54, 1.807) is 0 Å². The van der Waals surface area contributed by atoms with E-state index in [1.807, 2.05) is 22.7 Å². The van der Waals surface area contributed by atoms with E-state index in [0.29, 0.717) is 0 Å². The second kappa shape index (κ2) is 19.6. The van der Waals surface area contributed by atoms with Gasteiger partial charge < -0.3 is 0 Å². The van der Waals surface area contributed by atoms with Crippen LogP contribution in [-0.4, -0.2) is 0 Å². The molecule has 12 aromatic rings. The van der Waals surface area contributed by atoms with E-state index in [1.165, 1.54) is 108 Å². The zero-order valence-electron chi connectivity index (χ0n) is 38.8. The summed E-state index contributed by atoms with van der Waals surface area (Å²) in [5.74, 6) is 0.533. The summed E-state index contributed by atoms with van der Waals surface area (Å²) in [4.78, 5) is 5.16. The van der Waals surface area contributed by atoms with Crippen molar-refractivity contribution in [3.8, 4) is 52.9 Å². The highest BCUT2D eigenvalue weighted by Crippen LogP contribution is 2.47. The van der Waals surface area contributed by atoms with Gasteiger partial charge in [0.25, 0.3) is 0 Å². The van der Waals surface area contributed by atoms with Gasteiger partial charge in [-0.25, -0.2) is 0 Å². The van der Waals surface area contributed by atoms with E-state index in [-0.39, 0.29) is 11.8 Å². The van der Waals surface area contributed by atoms with Crippen LogP contribution in [0.5, 0.6) is 0 Å². The first-order valence-corrected chi connectivity index (χ1v) is 26.0. The molecule has 0 atom stereocenters. The second-order valence-corrected chi connectivity index (χ2v) is 20.5. The monoisotopic (exact) mass is 930 g/mol. The summed E-state index contributed by atoms with van der Waals surface area (Å²) in [6.45, 7) is 0. The van der Waals surface area contributed by atoms with Gasteiger partial charge in [0.05, 0.1) is 0 Å². The van der Waals surface area contributed by atoms with E-state index in [2.05, 4.69) is 267 Å². The molecule has 0 bridgehead atoms. The molecule has 0 saturated heterocycles. The van der Waals surface area contributed by atoms with E-state index in [4.69, 9.17) is 0 Å². The van der Waals surface area contributed by atoms with Crippen LogP contribution in [0.3, 0.4) is 0 Å². The Hall–Kier alpha value is -7.88. The van der Waals surface area contributed by atoms with Gasteiger partial charge in [-0.3, -0.25) is 0 Å². The van der Waals surface area contributed by atoms with Crippen LogP contribution < -0.4 is 0 Å². The number of hydrogen-bond donors (Lipinski definition) is 0. The summed E-state index contributed by atoms with van der Waals surface area (Å²) in [7, 11) is 0. The maximum absolute atomic E-state index is 2.47. The fraction of sp³-hybridized carbons (Fsp3) is 0.0588. The molecule has 0 N–H and O–H groups in total. The van der Waals surface area contributed by atoms with Gasteiger partial charge in [0.2, 0.25) is 0 Å². The lowest BCUT2D eigenvalue weighted by Gasteiger charge is -2.21. The van der Waals surface area contributed by atoms with Crippen molar-refractivity contribution >= 4 is 44.2 Å². The molecule has 0 aliphatic rings. The molecule has 0 aliphatic carbocycles. The predicted octanol–water partition coefficient (Wildman–Crippen LogP) is 19.2. The van der Waals surface area contributed by atoms with Gasteiger partial charge in [-0.1, -0.05) is 237 Å². The molecule has 334 valence electrons. The molecule has 0 nitrogen and oxygen atoms in total. The molecule has 0 amide bonds. The van der Waals surface area contributed by atoms with Crippen molar-refractivity contribution in [2.45, 2.75) is 24.7 Å². The van der Waals surface area contributed by atoms with Crippen LogP contribution in [0.2, 0.25) is 0 Å². The van der Waals surface area contributed by atoms with Crippen LogP contribution in [0, 0.1) is 0 Å². The molecule has 0 saturated carbocycles. The smallest absolute Gasteiger partial charge is 0.0449 e. The third-order valence-corrected chi connectivity index (χ3v) is 16.5. The fourth-order valence-corrected chi connectivity index (χ4v) is 12.6. The summed E-state index contributed by atoms with van der Waals surface area (Å²) >= 11 is 3.74. The largest absolute Gasteiger partial charge is 0.134 e. The molecule has 10 aromatic carbocycles. The van der Waals surface area contributed by atoms with Gasteiger partial charge in [0.1, 0.15) is 0 Å². The van der Waals surface area contributed by atoms with E-state index >= 15 is 0 Å². The van der Waals surface area contributed by atoms with Crippen molar-refractivity contribution in [2.75, 3.05) is 0 Å². The predicted molar refractivity (Wildman–Crippen MR) is 301 cm³/mol. The Bertz CT molecular complexity index is 3590. The zero-order chi connectivity index (χ0) is 46.6. The maximum atomic E-state index is 2.47. The standard InChI is InChI=1S/C68H50S2/c1-6-18-49(19-7-1)60(50-20-8-2-9-21-50)44-47-30-34-54(35-31-47)67-57-28-16-17-29-58(57)68(55-36-32-48(33-37-55)45-61(51-22-10-3-11-23-51)52-24-12-4-13-25-52)62-46-56(38-39-59(62)67)64-41-43-66(70-64)65-42-40-63(69-65)53-26-14-5-15-27-53/h1-43,46,60-61H,44-45H2. The molecule has 0 unspecified atom stereocenters. The van der Waals surface area contributed by atoms with Crippen molar-refractivity contribution in [3.05, 3.63) is 300 Å². The van der Waals surface area contributed by atoms with Crippen molar-refractivity contribution in [2.24, 2.45) is 0 Å². The van der Waals surface area contributed by atoms with Crippen molar-refractivity contribution in [1.82, 2.24) is 0 Å². The van der Waals surface area contributed by atoms with Gasteiger partial charge in [-0.15, -0.1) is 22.7 Å². The molecule has 2 aromatic heterocycles. The quantitative estimate of drug-likeness (QED) is 0.101. The molecular weight excluding hydrogens is 881 g/mol. The summed E-state index contributed by atoms with van der Waals surface area (Å²) in [6.07, 6.45) is 1.84. The number of fused-ring (bicyclic) bond motifs is 2. The SMILES string of the molecule is c1ccc(-c2ccc(-c3ccc(-c4ccc5c(-c6ccc(CC(c7ccccc7)c7ccccc7)cc6)c6ccccc6c(-c6ccc(CC(c7ccccc7)c7ccccc7)cc6)c5c4)s3)s2)cc1. The molecule has 12 rings (SSSR count). The Kier molecular flexibility index (Phi) is 12.2. The minimum Gasteiger partial charge on any atom is -0.134 e. The Balaban J connectivity index is 0.961. The Morgan fingerprint density at radius 3 is 1.00 bits per heavy atom. The number of benzene rings is 10. The van der Waals surface area contributed by atoms with Crippen molar-refractivity contribution < 1.29 is 0 Å². The molecule has 0 fully saturated rings. The van der Waals surface area contributed by atoms with Crippen LogP contribution >= 0.6 is 22.7 Å². The highest BCUT2D eigenvalue weighted by atomic mass is 32.1. The van der Waals surface area contributed by atoms with Crippen LogP contribution in [-0.2, 0) is 12.8 Å². The third-order valence-electron chi connectivity index (χ3n) is 14.0. The summed E-state index contributed by atoms with van der Waals surface area (Å²) in [5.41, 5.74) is 15.5. The average molecular weight is 931 g/mol. The first kappa shape index (κ1) is 43.4. The molecule has 0 spiro atoms. The Morgan fingerprint density at radius 2 is 0.571 bits per heavy atom. The van der Waals surface area contributed by atoms with E-state index < -0.39 is 0 Å². The summed E-state index contributed by atoms with van der Waals surface area (Å²) in [6, 6.07) is 98.8. The highest BCUT2D eigenvalue weighted by molar-refractivity contribution is 7.25. The van der Waals surface area contributed by atoms with E-state index in [9.17, 15) is 0 Å². The lowest BCUT2D eigenvalue weighted by Crippen LogP contribution is -2.05. The maximum Gasteiger partial charge on any atom is 0.0449 e. The number of hydrogen-bond acceptors (Lipinski definition) is 2. The lowest BCUT2D eigenvalue weighted by molar-refractivity contribution is 0.805. The average Bonchev–Trinajstić information content (AvgIpc) is 4.15. The Morgan fingerprint density at radius 1 is 0.243 bits per heavy atom. The van der Waals surface area contributed by atoms with Crippen LogP contribution in [0.25, 0.3) is 74.4 Å². The van der Waals surface area contributed by atoms with Gasteiger partial charge in [-0.2, -0.15) is 0 Å². The normalized spacial score (nSPS) is 11.5. The van der Waals surface area contributed by atoms with Gasteiger partial charge in [0, 0.05) is 31.3 Å². The second-order valence-electron chi connectivity index (χ2n) is 18.3. The molecule has 70 heavy (non-hydrogen) atoms. The molecular formula is C68H50S2. The number of thiophene rings is 2. The van der Waals surface area contributed by atoms with Crippen LogP contribution in [0.1, 0.15) is 45.2 Å². The van der Waals surface area contributed by atoms with Crippen molar-refractivity contribution in [1.29, 1.82) is 0 Å². The molecule has 0 radical (unpaired) electrons. The zero-order valence-corrected chi connectivity index (χ0v) is 40.4. The first-order valence-electron chi connectivity index (χ1n) is 24.3. The van der Waals surface area contributed by atoms with Crippen LogP contribution in [0.15, 0.2) is 267 Å². The summed E-state index contributed by atoms with van der Waals surface area (Å²) < 4.78 is 0. The Labute approximate surface area is 419 Å². The van der Waals surface area contributed by atoms with Gasteiger partial charge in [-0.05, 0) is 131 Å². The molecule has 2 heteroatoms. The van der Waals surface area contributed by atoms with Gasteiger partial charge >= 0.3 is 0 Å². The van der Waals surface area contributed by atoms with Crippen molar-refractivity contribution in [3.63, 3.8) is 0 Å². The minimum absolute atomic E-state index is 0.264. The van der Waals surface area contributed by atoms with Gasteiger partial charge in [0.15, 0.2) is 0 Å². The summed E-state index contributed by atoms with van der Waals surface area (Å²) in [5, 5.41) is 5.05. The van der Waals surface area contributed by atoms with Crippen LogP contribution in [0.4, 0.5) is 0 Å². The lowest BCUT2D eigenvalue weighted by atomic mass is 9.83. The first-order chi connectivity index (χ1) is 34.7. The topological polar surface area (TPSA) is 0 Å². The number of rotatable bonds is 13. The minimum atomic E-state index is 0.264. The third kappa shape index (κ3) is 8.85.